The van der Waals surface area contributed by atoms with E-state index in [2.05, 4.69) is 47.7 Å². The van der Waals surface area contributed by atoms with Gasteiger partial charge in [-0.1, -0.05) is 13.8 Å². The minimum absolute atomic E-state index is 0.0187. The van der Waals surface area contributed by atoms with Gasteiger partial charge >= 0.3 is 0 Å². The molecule has 0 spiro atoms. The van der Waals surface area contributed by atoms with Gasteiger partial charge in [0.05, 0.1) is 19.8 Å². The molecule has 2 saturated heterocycles. The van der Waals surface area contributed by atoms with Crippen LogP contribution in [0.25, 0.3) is 0 Å². The molecule has 0 unspecified atom stereocenters. The third-order valence-electron chi connectivity index (χ3n) is 5.84. The van der Waals surface area contributed by atoms with Crippen molar-refractivity contribution in [1.82, 2.24) is 20.0 Å². The summed E-state index contributed by atoms with van der Waals surface area (Å²) in [7, 11) is 0. The molecule has 0 aromatic rings. The highest BCUT2D eigenvalue weighted by atomic mass is 16.5. The SMILES string of the molecule is CCN(CC)C1CCN(CC(=O)NCC(C)(C)N2CCOCC2)CC1. The zero-order valence-electron chi connectivity index (χ0n) is 16.7. The van der Waals surface area contributed by atoms with Crippen molar-refractivity contribution in [3.63, 3.8) is 0 Å². The maximum absolute atomic E-state index is 12.4. The smallest absolute Gasteiger partial charge is 0.234 e. The summed E-state index contributed by atoms with van der Waals surface area (Å²) in [5.74, 6) is 0.155. The minimum atomic E-state index is -0.0187. The molecule has 2 rings (SSSR count). The van der Waals surface area contributed by atoms with E-state index in [1.54, 1.807) is 0 Å². The Morgan fingerprint density at radius 1 is 1.12 bits per heavy atom. The molecule has 0 atom stereocenters. The summed E-state index contributed by atoms with van der Waals surface area (Å²) < 4.78 is 5.42. The maximum atomic E-state index is 12.4. The first-order valence-electron chi connectivity index (χ1n) is 10.0. The van der Waals surface area contributed by atoms with Crippen LogP contribution >= 0.6 is 0 Å². The van der Waals surface area contributed by atoms with E-state index in [4.69, 9.17) is 4.74 Å². The Morgan fingerprint density at radius 3 is 2.28 bits per heavy atom. The largest absolute Gasteiger partial charge is 0.379 e. The lowest BCUT2D eigenvalue weighted by Crippen LogP contribution is -2.56. The van der Waals surface area contributed by atoms with Crippen LogP contribution in [0.15, 0.2) is 0 Å². The van der Waals surface area contributed by atoms with Crippen LogP contribution in [0.4, 0.5) is 0 Å². The molecule has 0 aromatic heterocycles. The van der Waals surface area contributed by atoms with Crippen molar-refractivity contribution >= 4 is 5.91 Å². The second-order valence-electron chi connectivity index (χ2n) is 7.92. The van der Waals surface area contributed by atoms with Crippen LogP contribution in [0, 0.1) is 0 Å². The summed E-state index contributed by atoms with van der Waals surface area (Å²) in [4.78, 5) is 19.6. The van der Waals surface area contributed by atoms with Gasteiger partial charge in [0.1, 0.15) is 0 Å². The number of nitrogens with zero attached hydrogens (tertiary/aromatic N) is 3. The molecule has 1 amide bonds. The van der Waals surface area contributed by atoms with Crippen LogP contribution in [0.2, 0.25) is 0 Å². The third-order valence-corrected chi connectivity index (χ3v) is 5.84. The average molecular weight is 355 g/mol. The highest BCUT2D eigenvalue weighted by Crippen LogP contribution is 2.17. The summed E-state index contributed by atoms with van der Waals surface area (Å²) in [6.45, 7) is 17.9. The fourth-order valence-corrected chi connectivity index (χ4v) is 4.04. The Bertz CT molecular complexity index is 398. The van der Waals surface area contributed by atoms with E-state index in [0.717, 1.165) is 52.5 Å². The van der Waals surface area contributed by atoms with Gasteiger partial charge in [-0.15, -0.1) is 0 Å². The third kappa shape index (κ3) is 6.20. The number of hydrogen-bond acceptors (Lipinski definition) is 5. The van der Waals surface area contributed by atoms with Crippen LogP contribution in [0.1, 0.15) is 40.5 Å². The summed E-state index contributed by atoms with van der Waals surface area (Å²) in [5, 5.41) is 3.15. The molecular formula is C19H38N4O2. The molecule has 6 heteroatoms. The zero-order chi connectivity index (χ0) is 18.3. The summed E-state index contributed by atoms with van der Waals surface area (Å²) in [5.41, 5.74) is -0.0187. The number of likely N-dealkylation sites (tertiary alicyclic amines) is 1. The summed E-state index contributed by atoms with van der Waals surface area (Å²) >= 11 is 0. The molecule has 1 N–H and O–H groups in total. The number of carbonyl (C=O) groups is 1. The number of rotatable bonds is 8. The van der Waals surface area contributed by atoms with Crippen molar-refractivity contribution in [2.75, 3.05) is 65.6 Å². The standard InChI is InChI=1S/C19H38N4O2/c1-5-22(6-2)17-7-9-21(10-8-17)15-18(24)20-16-19(3,4)23-11-13-25-14-12-23/h17H,5-16H2,1-4H3,(H,20,24). The second-order valence-corrected chi connectivity index (χ2v) is 7.92. The van der Waals surface area contributed by atoms with Crippen molar-refractivity contribution < 1.29 is 9.53 Å². The first-order chi connectivity index (χ1) is 12.0. The van der Waals surface area contributed by atoms with E-state index in [0.29, 0.717) is 19.1 Å². The monoisotopic (exact) mass is 354 g/mol. The van der Waals surface area contributed by atoms with Gasteiger partial charge in [0.15, 0.2) is 0 Å². The van der Waals surface area contributed by atoms with E-state index in [1.807, 2.05) is 0 Å². The zero-order valence-corrected chi connectivity index (χ0v) is 16.7. The fraction of sp³-hybridized carbons (Fsp3) is 0.947. The van der Waals surface area contributed by atoms with Crippen molar-refractivity contribution in [2.45, 2.75) is 52.1 Å². The molecule has 0 bridgehead atoms. The molecule has 2 fully saturated rings. The number of nitrogens with one attached hydrogen (secondary N) is 1. The molecule has 0 saturated carbocycles. The van der Waals surface area contributed by atoms with Crippen molar-refractivity contribution in [3.8, 4) is 0 Å². The van der Waals surface area contributed by atoms with Crippen LogP contribution < -0.4 is 5.32 Å². The molecule has 2 heterocycles. The number of piperidine rings is 1. The normalized spacial score (nSPS) is 21.6. The summed E-state index contributed by atoms with van der Waals surface area (Å²) in [6.07, 6.45) is 2.35. The molecule has 6 nitrogen and oxygen atoms in total. The number of ether oxygens (including phenoxy) is 1. The lowest BCUT2D eigenvalue weighted by molar-refractivity contribution is -0.123. The molecule has 25 heavy (non-hydrogen) atoms. The topological polar surface area (TPSA) is 48.0 Å². The average Bonchev–Trinajstić information content (AvgIpc) is 2.63. The van der Waals surface area contributed by atoms with Gasteiger partial charge < -0.3 is 15.0 Å². The van der Waals surface area contributed by atoms with E-state index in [1.165, 1.54) is 12.8 Å². The van der Waals surface area contributed by atoms with E-state index < -0.39 is 0 Å². The molecule has 0 aliphatic carbocycles. The van der Waals surface area contributed by atoms with Gasteiger partial charge in [0.2, 0.25) is 5.91 Å². The maximum Gasteiger partial charge on any atom is 0.234 e. The van der Waals surface area contributed by atoms with Crippen LogP contribution in [-0.2, 0) is 9.53 Å². The summed E-state index contributed by atoms with van der Waals surface area (Å²) in [6, 6.07) is 0.689. The van der Waals surface area contributed by atoms with Crippen LogP contribution in [0.5, 0.6) is 0 Å². The lowest BCUT2D eigenvalue weighted by atomic mass is 10.0. The van der Waals surface area contributed by atoms with Crippen LogP contribution in [0.3, 0.4) is 0 Å². The lowest BCUT2D eigenvalue weighted by Gasteiger charge is -2.41. The van der Waals surface area contributed by atoms with Gasteiger partial charge in [-0.05, 0) is 39.8 Å². The highest BCUT2D eigenvalue weighted by Gasteiger charge is 2.29. The van der Waals surface area contributed by atoms with Crippen molar-refractivity contribution in [2.24, 2.45) is 0 Å². The van der Waals surface area contributed by atoms with Gasteiger partial charge in [-0.3, -0.25) is 14.6 Å². The first kappa shape index (κ1) is 20.6. The molecule has 2 aliphatic rings. The van der Waals surface area contributed by atoms with Crippen molar-refractivity contribution in [3.05, 3.63) is 0 Å². The fourth-order valence-electron chi connectivity index (χ4n) is 4.04. The molecule has 0 aromatic carbocycles. The Balaban J connectivity index is 1.68. The Hall–Kier alpha value is -0.690. The van der Waals surface area contributed by atoms with Gasteiger partial charge in [-0.25, -0.2) is 0 Å². The second kappa shape index (κ2) is 9.86. The predicted molar refractivity (Wildman–Crippen MR) is 102 cm³/mol. The van der Waals surface area contributed by atoms with Gasteiger partial charge in [-0.2, -0.15) is 0 Å². The Kier molecular flexibility index (Phi) is 8.13. The minimum Gasteiger partial charge on any atom is -0.379 e. The Labute approximate surface area is 153 Å². The molecular weight excluding hydrogens is 316 g/mol. The molecule has 0 radical (unpaired) electrons. The van der Waals surface area contributed by atoms with Crippen LogP contribution in [-0.4, -0.2) is 97.8 Å². The number of morpholine rings is 1. The van der Waals surface area contributed by atoms with Gasteiger partial charge in [0.25, 0.3) is 0 Å². The molecule has 146 valence electrons. The van der Waals surface area contributed by atoms with Gasteiger partial charge in [0, 0.05) is 44.3 Å². The highest BCUT2D eigenvalue weighted by molar-refractivity contribution is 5.78. The first-order valence-corrected chi connectivity index (χ1v) is 10.0. The number of amides is 1. The van der Waals surface area contributed by atoms with E-state index in [-0.39, 0.29) is 11.4 Å². The quantitative estimate of drug-likeness (QED) is 0.705. The predicted octanol–water partition coefficient (Wildman–Crippen LogP) is 1.02. The molecule has 2 aliphatic heterocycles. The number of hydrogen-bond donors (Lipinski definition) is 1. The van der Waals surface area contributed by atoms with E-state index in [9.17, 15) is 4.79 Å². The Morgan fingerprint density at radius 2 is 1.72 bits per heavy atom. The van der Waals surface area contributed by atoms with E-state index >= 15 is 0 Å². The number of carbonyl (C=O) groups excluding carboxylic acids is 1. The van der Waals surface area contributed by atoms with Crippen molar-refractivity contribution in [1.29, 1.82) is 0 Å².